The zero-order valence-electron chi connectivity index (χ0n) is 18.7. The fourth-order valence-electron chi connectivity index (χ4n) is 4.00. The van der Waals surface area contributed by atoms with Gasteiger partial charge in [0, 0.05) is 48.8 Å². The Morgan fingerprint density at radius 2 is 1.71 bits per heavy atom. The number of nitrogens with zero attached hydrogens (tertiary/aromatic N) is 4. The Morgan fingerprint density at radius 1 is 1.06 bits per heavy atom. The summed E-state index contributed by atoms with van der Waals surface area (Å²) in [6.07, 6.45) is -0.652. The highest BCUT2D eigenvalue weighted by Gasteiger charge is 2.34. The van der Waals surface area contributed by atoms with Gasteiger partial charge in [0.05, 0.1) is 11.3 Å². The topological polar surface area (TPSA) is 97.2 Å². The van der Waals surface area contributed by atoms with Crippen LogP contribution in [0.15, 0.2) is 59.7 Å². The maximum absolute atomic E-state index is 13.5. The molecule has 1 aromatic carbocycles. The molecule has 4 rings (SSSR count). The molecule has 182 valence electrons. The molecule has 0 radical (unpaired) electrons. The van der Waals surface area contributed by atoms with Gasteiger partial charge in [0.15, 0.2) is 5.69 Å². The molecular formula is C24H22F3N5O3. The van der Waals surface area contributed by atoms with Crippen molar-refractivity contribution in [3.05, 3.63) is 87.6 Å². The quantitative estimate of drug-likeness (QED) is 0.613. The van der Waals surface area contributed by atoms with E-state index in [2.05, 4.69) is 15.4 Å². The number of aromatic nitrogens is 3. The van der Waals surface area contributed by atoms with E-state index in [4.69, 9.17) is 0 Å². The summed E-state index contributed by atoms with van der Waals surface area (Å²) in [5, 5.41) is 6.72. The SMILES string of the molecule is Cc1cc(=O)c(C(=O)NC2CCN(C(=O)c3ccncc3)CC2)nn1-c1ccccc1C(F)(F)F. The van der Waals surface area contributed by atoms with Crippen LogP contribution in [-0.4, -0.2) is 50.6 Å². The van der Waals surface area contributed by atoms with Crippen LogP contribution in [0.25, 0.3) is 5.69 Å². The van der Waals surface area contributed by atoms with Gasteiger partial charge in [-0.15, -0.1) is 0 Å². The summed E-state index contributed by atoms with van der Waals surface area (Å²) in [5.74, 6) is -0.907. The van der Waals surface area contributed by atoms with Gasteiger partial charge in [-0.05, 0) is 44.0 Å². The number of likely N-dealkylation sites (tertiary alicyclic amines) is 1. The van der Waals surface area contributed by atoms with Gasteiger partial charge < -0.3 is 10.2 Å². The number of aryl methyl sites for hydroxylation is 1. The first kappa shape index (κ1) is 24.1. The molecule has 1 fully saturated rings. The van der Waals surface area contributed by atoms with Crippen molar-refractivity contribution < 1.29 is 22.8 Å². The number of piperidine rings is 1. The third-order valence-electron chi connectivity index (χ3n) is 5.80. The first-order valence-corrected chi connectivity index (χ1v) is 10.9. The van der Waals surface area contributed by atoms with Crippen molar-refractivity contribution in [1.29, 1.82) is 0 Å². The molecule has 0 spiro atoms. The van der Waals surface area contributed by atoms with E-state index in [0.717, 1.165) is 16.8 Å². The Hall–Kier alpha value is -4.02. The average Bonchev–Trinajstić information content (AvgIpc) is 2.84. The van der Waals surface area contributed by atoms with Gasteiger partial charge >= 0.3 is 6.18 Å². The number of hydrogen-bond donors (Lipinski definition) is 1. The van der Waals surface area contributed by atoms with Crippen molar-refractivity contribution >= 4 is 11.8 Å². The zero-order valence-corrected chi connectivity index (χ0v) is 18.7. The predicted octanol–water partition coefficient (Wildman–Crippen LogP) is 2.99. The van der Waals surface area contributed by atoms with Crippen LogP contribution in [0.2, 0.25) is 0 Å². The van der Waals surface area contributed by atoms with Gasteiger partial charge in [0.25, 0.3) is 11.8 Å². The van der Waals surface area contributed by atoms with E-state index in [1.165, 1.54) is 37.5 Å². The Bertz CT molecular complexity index is 1300. The number of rotatable bonds is 4. The largest absolute Gasteiger partial charge is 0.418 e. The highest BCUT2D eigenvalue weighted by atomic mass is 19.4. The molecule has 0 atom stereocenters. The summed E-state index contributed by atoms with van der Waals surface area (Å²) in [5.41, 5.74) is -1.72. The second kappa shape index (κ2) is 9.69. The van der Waals surface area contributed by atoms with Crippen LogP contribution in [-0.2, 0) is 6.18 Å². The van der Waals surface area contributed by atoms with Gasteiger partial charge in [-0.25, -0.2) is 4.68 Å². The Balaban J connectivity index is 1.50. The number of carbonyl (C=O) groups is 2. The number of alkyl halides is 3. The number of amides is 2. The molecule has 0 aliphatic carbocycles. The number of nitrogens with one attached hydrogen (secondary N) is 1. The van der Waals surface area contributed by atoms with Crippen molar-refractivity contribution in [3.63, 3.8) is 0 Å². The van der Waals surface area contributed by atoms with Crippen LogP contribution < -0.4 is 10.7 Å². The molecule has 35 heavy (non-hydrogen) atoms. The smallest absolute Gasteiger partial charge is 0.348 e. The second-order valence-electron chi connectivity index (χ2n) is 8.20. The first-order valence-electron chi connectivity index (χ1n) is 10.9. The maximum atomic E-state index is 13.5. The lowest BCUT2D eigenvalue weighted by molar-refractivity contribution is -0.137. The van der Waals surface area contributed by atoms with E-state index in [1.54, 1.807) is 17.0 Å². The Labute approximate surface area is 198 Å². The van der Waals surface area contributed by atoms with Crippen molar-refractivity contribution in [2.24, 2.45) is 0 Å². The number of pyridine rings is 1. The van der Waals surface area contributed by atoms with Crippen LogP contribution in [0.1, 0.15) is 44.9 Å². The molecular weight excluding hydrogens is 463 g/mol. The zero-order chi connectivity index (χ0) is 25.2. The summed E-state index contributed by atoms with van der Waals surface area (Å²) in [7, 11) is 0. The summed E-state index contributed by atoms with van der Waals surface area (Å²) in [6, 6.07) is 8.84. The van der Waals surface area contributed by atoms with Crippen molar-refractivity contribution in [2.75, 3.05) is 13.1 Å². The monoisotopic (exact) mass is 485 g/mol. The molecule has 0 saturated carbocycles. The molecule has 3 heterocycles. The molecule has 3 aromatic rings. The predicted molar refractivity (Wildman–Crippen MR) is 120 cm³/mol. The van der Waals surface area contributed by atoms with E-state index in [1.807, 2.05) is 0 Å². The van der Waals surface area contributed by atoms with Crippen LogP contribution in [0.5, 0.6) is 0 Å². The highest BCUT2D eigenvalue weighted by molar-refractivity contribution is 5.94. The van der Waals surface area contributed by atoms with E-state index in [-0.39, 0.29) is 23.3 Å². The fourth-order valence-corrected chi connectivity index (χ4v) is 4.00. The van der Waals surface area contributed by atoms with Gasteiger partial charge in [0.1, 0.15) is 0 Å². The molecule has 2 amide bonds. The van der Waals surface area contributed by atoms with Gasteiger partial charge in [-0.2, -0.15) is 18.3 Å². The molecule has 1 aliphatic heterocycles. The van der Waals surface area contributed by atoms with Gasteiger partial charge in [-0.3, -0.25) is 19.4 Å². The molecule has 11 heteroatoms. The number of halogens is 3. The molecule has 2 aromatic heterocycles. The van der Waals surface area contributed by atoms with Crippen LogP contribution >= 0.6 is 0 Å². The molecule has 0 unspecified atom stereocenters. The third kappa shape index (κ3) is 5.23. The summed E-state index contributed by atoms with van der Waals surface area (Å²) < 4.78 is 41.4. The lowest BCUT2D eigenvalue weighted by Gasteiger charge is -2.32. The van der Waals surface area contributed by atoms with Gasteiger partial charge in [-0.1, -0.05) is 12.1 Å². The first-order chi connectivity index (χ1) is 16.6. The number of carbonyl (C=O) groups excluding carboxylic acids is 2. The van der Waals surface area contributed by atoms with Crippen molar-refractivity contribution in [2.45, 2.75) is 32.0 Å². The van der Waals surface area contributed by atoms with Crippen LogP contribution in [0, 0.1) is 6.92 Å². The van der Waals surface area contributed by atoms with Crippen LogP contribution in [0.3, 0.4) is 0 Å². The Morgan fingerprint density at radius 3 is 2.37 bits per heavy atom. The maximum Gasteiger partial charge on any atom is 0.418 e. The summed E-state index contributed by atoms with van der Waals surface area (Å²) >= 11 is 0. The third-order valence-corrected chi connectivity index (χ3v) is 5.80. The minimum Gasteiger partial charge on any atom is -0.348 e. The molecule has 0 bridgehead atoms. The van der Waals surface area contributed by atoms with E-state index in [0.29, 0.717) is 31.5 Å². The molecule has 8 nitrogen and oxygen atoms in total. The number of para-hydroxylation sites is 1. The van der Waals surface area contributed by atoms with Crippen molar-refractivity contribution in [1.82, 2.24) is 25.0 Å². The lowest BCUT2D eigenvalue weighted by atomic mass is 10.0. The number of hydrogen-bond acceptors (Lipinski definition) is 5. The minimum atomic E-state index is -4.64. The summed E-state index contributed by atoms with van der Waals surface area (Å²) in [4.78, 5) is 43.5. The minimum absolute atomic E-state index is 0.136. The normalized spacial score (nSPS) is 14.6. The highest BCUT2D eigenvalue weighted by Crippen LogP contribution is 2.33. The molecule has 1 N–H and O–H groups in total. The van der Waals surface area contributed by atoms with Gasteiger partial charge in [0.2, 0.25) is 5.43 Å². The summed E-state index contributed by atoms with van der Waals surface area (Å²) in [6.45, 7) is 2.24. The standard InChI is InChI=1S/C24H22F3N5O3/c1-15-14-20(33)21(30-32(15)19-5-3-2-4-18(19)24(25,26)27)22(34)29-17-8-12-31(13-9-17)23(35)16-6-10-28-11-7-16/h2-7,10-11,14,17H,8-9,12-13H2,1H3,(H,29,34). The van der Waals surface area contributed by atoms with E-state index in [9.17, 15) is 27.6 Å². The second-order valence-corrected chi connectivity index (χ2v) is 8.20. The number of benzene rings is 1. The fraction of sp³-hybridized carbons (Fsp3) is 0.292. The average molecular weight is 485 g/mol. The van der Waals surface area contributed by atoms with E-state index < -0.39 is 28.8 Å². The van der Waals surface area contributed by atoms with E-state index >= 15 is 0 Å². The molecule has 1 aliphatic rings. The Kier molecular flexibility index (Phi) is 6.68. The van der Waals surface area contributed by atoms with Crippen molar-refractivity contribution in [3.8, 4) is 5.69 Å². The molecule has 1 saturated heterocycles. The lowest BCUT2D eigenvalue weighted by Crippen LogP contribution is -2.47. The van der Waals surface area contributed by atoms with Crippen LogP contribution in [0.4, 0.5) is 13.2 Å².